The van der Waals surface area contributed by atoms with E-state index in [0.29, 0.717) is 5.75 Å². The molecule has 0 heterocycles. The Morgan fingerprint density at radius 1 is 1.10 bits per heavy atom. The standard InChI is InChI=1S/C13H11ClN2O4S/c14-12-10(21(16,18)19)7-6-9(11(12)13(15)17)20-8-4-2-1-3-5-8/h1-7H,(H2,15,17)(H2,16,18,19). The molecule has 4 N–H and O–H groups in total. The maximum Gasteiger partial charge on any atom is 0.254 e. The average Bonchev–Trinajstić information content (AvgIpc) is 2.38. The van der Waals surface area contributed by atoms with Crippen molar-refractivity contribution in [1.82, 2.24) is 0 Å². The maximum absolute atomic E-state index is 11.5. The molecule has 110 valence electrons. The van der Waals surface area contributed by atoms with E-state index in [1.54, 1.807) is 30.3 Å². The van der Waals surface area contributed by atoms with Crippen molar-refractivity contribution in [2.45, 2.75) is 4.90 Å². The van der Waals surface area contributed by atoms with Crippen molar-refractivity contribution in [2.24, 2.45) is 10.9 Å². The highest BCUT2D eigenvalue weighted by atomic mass is 35.5. The zero-order chi connectivity index (χ0) is 15.6. The van der Waals surface area contributed by atoms with Crippen molar-refractivity contribution in [2.75, 3.05) is 0 Å². The molecule has 2 aromatic rings. The van der Waals surface area contributed by atoms with E-state index in [-0.39, 0.29) is 16.3 Å². The van der Waals surface area contributed by atoms with E-state index in [4.69, 9.17) is 27.2 Å². The van der Waals surface area contributed by atoms with Gasteiger partial charge in [-0.3, -0.25) is 4.79 Å². The van der Waals surface area contributed by atoms with Crippen LogP contribution in [-0.4, -0.2) is 14.3 Å². The minimum absolute atomic E-state index is 0.0473. The SMILES string of the molecule is NC(=O)c1c(Oc2ccccc2)ccc(S(N)(=O)=O)c1Cl. The summed E-state index contributed by atoms with van der Waals surface area (Å²) in [6.45, 7) is 0. The van der Waals surface area contributed by atoms with E-state index in [0.717, 1.165) is 6.07 Å². The minimum Gasteiger partial charge on any atom is -0.456 e. The van der Waals surface area contributed by atoms with E-state index in [1.807, 2.05) is 0 Å². The zero-order valence-corrected chi connectivity index (χ0v) is 12.2. The number of ether oxygens (including phenoxy) is 1. The van der Waals surface area contributed by atoms with Crippen LogP contribution in [0.2, 0.25) is 5.02 Å². The molecule has 0 aliphatic carbocycles. The quantitative estimate of drug-likeness (QED) is 0.893. The fraction of sp³-hybridized carbons (Fsp3) is 0. The number of halogens is 1. The molecule has 1 amide bonds. The Morgan fingerprint density at radius 2 is 1.71 bits per heavy atom. The predicted octanol–water partition coefficient (Wildman–Crippen LogP) is 1.88. The van der Waals surface area contributed by atoms with Crippen molar-refractivity contribution in [3.63, 3.8) is 0 Å². The third-order valence-corrected chi connectivity index (χ3v) is 4.05. The van der Waals surface area contributed by atoms with Gasteiger partial charge in [-0.25, -0.2) is 13.6 Å². The second kappa shape index (κ2) is 5.72. The van der Waals surface area contributed by atoms with Gasteiger partial charge in [-0.05, 0) is 24.3 Å². The highest BCUT2D eigenvalue weighted by Crippen LogP contribution is 2.34. The fourth-order valence-electron chi connectivity index (χ4n) is 1.69. The molecule has 0 radical (unpaired) electrons. The van der Waals surface area contributed by atoms with Gasteiger partial charge < -0.3 is 10.5 Å². The molecule has 0 atom stereocenters. The molecule has 2 aromatic carbocycles. The molecular weight excluding hydrogens is 316 g/mol. The van der Waals surface area contributed by atoms with Gasteiger partial charge in [0, 0.05) is 0 Å². The summed E-state index contributed by atoms with van der Waals surface area (Å²) in [6, 6.07) is 11.0. The number of carbonyl (C=O) groups is 1. The van der Waals surface area contributed by atoms with Gasteiger partial charge >= 0.3 is 0 Å². The number of carbonyl (C=O) groups excluding carboxylic acids is 1. The molecule has 8 heteroatoms. The molecule has 0 saturated heterocycles. The van der Waals surface area contributed by atoms with Gasteiger partial charge in [0.15, 0.2) is 0 Å². The van der Waals surface area contributed by atoms with E-state index in [1.165, 1.54) is 6.07 Å². The fourth-order valence-corrected chi connectivity index (χ4v) is 2.87. The number of hydrogen-bond donors (Lipinski definition) is 2. The molecule has 21 heavy (non-hydrogen) atoms. The van der Waals surface area contributed by atoms with E-state index in [9.17, 15) is 13.2 Å². The first-order valence-corrected chi connectivity index (χ1v) is 7.61. The van der Waals surface area contributed by atoms with Crippen LogP contribution in [0.15, 0.2) is 47.4 Å². The number of primary sulfonamides is 1. The molecule has 0 aromatic heterocycles. The molecule has 0 bridgehead atoms. The lowest BCUT2D eigenvalue weighted by Crippen LogP contribution is -2.18. The summed E-state index contributed by atoms with van der Waals surface area (Å²) in [6.07, 6.45) is 0. The van der Waals surface area contributed by atoms with E-state index >= 15 is 0 Å². The van der Waals surface area contributed by atoms with E-state index in [2.05, 4.69) is 0 Å². The van der Waals surface area contributed by atoms with Crippen LogP contribution in [0.25, 0.3) is 0 Å². The third kappa shape index (κ3) is 3.33. The van der Waals surface area contributed by atoms with Crippen LogP contribution in [-0.2, 0) is 10.0 Å². The lowest BCUT2D eigenvalue weighted by atomic mass is 10.2. The highest BCUT2D eigenvalue weighted by molar-refractivity contribution is 7.89. The molecule has 0 spiro atoms. The van der Waals surface area contributed by atoms with Crippen molar-refractivity contribution in [3.8, 4) is 11.5 Å². The number of amides is 1. The van der Waals surface area contributed by atoms with Crippen LogP contribution in [0.5, 0.6) is 11.5 Å². The van der Waals surface area contributed by atoms with Gasteiger partial charge in [-0.1, -0.05) is 29.8 Å². The number of hydrogen-bond acceptors (Lipinski definition) is 4. The predicted molar refractivity (Wildman–Crippen MR) is 77.9 cm³/mol. The molecule has 0 aliphatic rings. The summed E-state index contributed by atoms with van der Waals surface area (Å²) in [5, 5.41) is 4.66. The first-order valence-electron chi connectivity index (χ1n) is 5.68. The number of para-hydroxylation sites is 1. The van der Waals surface area contributed by atoms with Gasteiger partial charge in [0.25, 0.3) is 5.91 Å². The monoisotopic (exact) mass is 326 g/mol. The van der Waals surface area contributed by atoms with Gasteiger partial charge in [-0.15, -0.1) is 0 Å². The van der Waals surface area contributed by atoms with E-state index < -0.39 is 20.8 Å². The first kappa shape index (κ1) is 15.3. The molecule has 0 aliphatic heterocycles. The van der Waals surface area contributed by atoms with Crippen LogP contribution in [0.3, 0.4) is 0 Å². The Bertz CT molecular complexity index is 791. The second-order valence-corrected chi connectivity index (χ2v) is 5.98. The lowest BCUT2D eigenvalue weighted by molar-refractivity contribution is 0.0998. The number of primary amides is 1. The van der Waals surface area contributed by atoms with Crippen molar-refractivity contribution >= 4 is 27.5 Å². The first-order chi connectivity index (χ1) is 9.80. The van der Waals surface area contributed by atoms with Crippen molar-refractivity contribution in [1.29, 1.82) is 0 Å². The molecular formula is C13H11ClN2O4S. The average molecular weight is 327 g/mol. The Morgan fingerprint density at radius 3 is 2.24 bits per heavy atom. The van der Waals surface area contributed by atoms with Crippen LogP contribution in [0.4, 0.5) is 0 Å². The molecule has 0 saturated carbocycles. The van der Waals surface area contributed by atoms with Gasteiger partial charge in [0.1, 0.15) is 22.0 Å². The Labute approximate surface area is 126 Å². The van der Waals surface area contributed by atoms with Crippen LogP contribution >= 0.6 is 11.6 Å². The second-order valence-electron chi connectivity index (χ2n) is 4.08. The lowest BCUT2D eigenvalue weighted by Gasteiger charge is -2.12. The topological polar surface area (TPSA) is 112 Å². The number of benzene rings is 2. The van der Waals surface area contributed by atoms with Crippen LogP contribution in [0.1, 0.15) is 10.4 Å². The zero-order valence-electron chi connectivity index (χ0n) is 10.6. The smallest absolute Gasteiger partial charge is 0.254 e. The normalized spacial score (nSPS) is 11.1. The number of rotatable bonds is 4. The molecule has 0 fully saturated rings. The van der Waals surface area contributed by atoms with Gasteiger partial charge in [0.2, 0.25) is 10.0 Å². The van der Waals surface area contributed by atoms with Gasteiger partial charge in [0.05, 0.1) is 5.02 Å². The van der Waals surface area contributed by atoms with Crippen molar-refractivity contribution in [3.05, 3.63) is 53.1 Å². The molecule has 2 rings (SSSR count). The van der Waals surface area contributed by atoms with Crippen LogP contribution < -0.4 is 15.6 Å². The highest BCUT2D eigenvalue weighted by Gasteiger charge is 2.23. The Hall–Kier alpha value is -2.09. The van der Waals surface area contributed by atoms with Gasteiger partial charge in [-0.2, -0.15) is 0 Å². The summed E-state index contributed by atoms with van der Waals surface area (Å²) in [7, 11) is -4.07. The molecule has 0 unspecified atom stereocenters. The Kier molecular flexibility index (Phi) is 4.17. The third-order valence-electron chi connectivity index (χ3n) is 2.59. The summed E-state index contributed by atoms with van der Waals surface area (Å²) in [5.41, 5.74) is 5.00. The maximum atomic E-state index is 11.5. The largest absolute Gasteiger partial charge is 0.456 e. The summed E-state index contributed by atoms with van der Waals surface area (Å²) >= 11 is 5.92. The molecule has 6 nitrogen and oxygen atoms in total. The van der Waals surface area contributed by atoms with Crippen molar-refractivity contribution < 1.29 is 17.9 Å². The summed E-state index contributed by atoms with van der Waals surface area (Å²) in [4.78, 5) is 11.1. The summed E-state index contributed by atoms with van der Waals surface area (Å²) < 4.78 is 28.3. The number of nitrogens with two attached hydrogens (primary N) is 2. The number of sulfonamides is 1. The Balaban J connectivity index is 2.58. The minimum atomic E-state index is -4.07. The summed E-state index contributed by atoms with van der Waals surface area (Å²) in [5.74, 6) is -0.429. The van der Waals surface area contributed by atoms with Crippen LogP contribution in [0, 0.1) is 0 Å².